The fourth-order valence-corrected chi connectivity index (χ4v) is 1.70. The first kappa shape index (κ1) is 18.6. The zero-order valence-electron chi connectivity index (χ0n) is 11.5. The summed E-state index contributed by atoms with van der Waals surface area (Å²) in [5, 5.41) is 0. The molecular formula is C18H14O2Pd2. The maximum atomic E-state index is 10.5. The summed E-state index contributed by atoms with van der Waals surface area (Å²) in [5.74, 6) is 0. The summed E-state index contributed by atoms with van der Waals surface area (Å²) in [6, 6.07) is 19.4. The van der Waals surface area contributed by atoms with Crippen molar-refractivity contribution in [1.29, 1.82) is 0 Å². The van der Waals surface area contributed by atoms with E-state index in [-0.39, 0.29) is 8.51 Å². The Labute approximate surface area is 152 Å². The van der Waals surface area contributed by atoms with Gasteiger partial charge in [-0.2, -0.15) is 0 Å². The molecule has 2 nitrogen and oxygen atoms in total. The number of rotatable bonds is 4. The number of hydrogen-bond acceptors (Lipinski definition) is 2. The van der Waals surface area contributed by atoms with Gasteiger partial charge in [0.25, 0.3) is 0 Å². The van der Waals surface area contributed by atoms with E-state index in [2.05, 4.69) is 38.4 Å². The molecule has 2 aromatic rings. The first-order valence-corrected chi connectivity index (χ1v) is 7.92. The fraction of sp³-hybridized carbons (Fsp3) is 0. The van der Waals surface area contributed by atoms with Gasteiger partial charge in [0.15, 0.2) is 0 Å². The Kier molecular flexibility index (Phi) is 9.48. The molecule has 2 aromatic carbocycles. The topological polar surface area (TPSA) is 34.1 Å². The van der Waals surface area contributed by atoms with Crippen LogP contribution >= 0.6 is 0 Å². The van der Waals surface area contributed by atoms with Crippen LogP contribution in [-0.4, -0.2) is 8.51 Å². The molecule has 0 atom stereocenters. The molecule has 118 valence electrons. The normalized spacial score (nSPS) is 10.4. The number of hydrogen-bond donors (Lipinski definition) is 0. The predicted octanol–water partition coefficient (Wildman–Crippen LogP) is 3.55. The minimum atomic E-state index is -0.0724. The van der Waals surface area contributed by atoms with Gasteiger partial charge in [0.1, 0.15) is 0 Å². The molecular weight excluding hydrogens is 461 g/mol. The summed E-state index contributed by atoms with van der Waals surface area (Å²) in [6.45, 7) is 0. The van der Waals surface area contributed by atoms with Gasteiger partial charge >= 0.3 is 153 Å². The van der Waals surface area contributed by atoms with Crippen LogP contribution in [0.4, 0.5) is 0 Å². The summed E-state index contributed by atoms with van der Waals surface area (Å²) in [4.78, 5) is 20.9. The third-order valence-corrected chi connectivity index (χ3v) is 2.91. The Morgan fingerprint density at radius 3 is 1.23 bits per heavy atom. The summed E-state index contributed by atoms with van der Waals surface area (Å²) in [7, 11) is 0. The van der Waals surface area contributed by atoms with E-state index in [0.29, 0.717) is 0 Å². The predicted molar refractivity (Wildman–Crippen MR) is 81.0 cm³/mol. The molecule has 0 N–H and O–H groups in total. The van der Waals surface area contributed by atoms with Gasteiger partial charge in [-0.3, -0.25) is 0 Å². The summed E-state index contributed by atoms with van der Waals surface area (Å²) < 4.78 is -0.145. The van der Waals surface area contributed by atoms with Gasteiger partial charge in [-0.15, -0.1) is 0 Å². The van der Waals surface area contributed by atoms with Crippen molar-refractivity contribution in [2.45, 2.75) is 0 Å². The van der Waals surface area contributed by atoms with E-state index in [1.165, 1.54) is 12.2 Å². The Bertz CT molecular complexity index is 588. The van der Waals surface area contributed by atoms with Crippen molar-refractivity contribution in [1.82, 2.24) is 0 Å². The van der Waals surface area contributed by atoms with Crippen LogP contribution in [0.1, 0.15) is 11.1 Å². The molecule has 0 aliphatic heterocycles. The Balaban J connectivity index is 0.000000220. The maximum absolute atomic E-state index is 10.5. The SMILES string of the molecule is O=[C]([Pd])/C=C/c1ccccc1.O=[C]([Pd])/C=C/c1ccccc1. The number of benzene rings is 2. The molecule has 0 aliphatic carbocycles. The second-order valence-corrected chi connectivity index (χ2v) is 5.57. The van der Waals surface area contributed by atoms with Crippen LogP contribution < -0.4 is 0 Å². The average molecular weight is 475 g/mol. The minimum absolute atomic E-state index is 0.0724. The van der Waals surface area contributed by atoms with Gasteiger partial charge in [0.2, 0.25) is 0 Å². The van der Waals surface area contributed by atoms with Crippen molar-refractivity contribution in [3.8, 4) is 0 Å². The van der Waals surface area contributed by atoms with Gasteiger partial charge in [-0.1, -0.05) is 0 Å². The molecule has 2 rings (SSSR count). The quantitative estimate of drug-likeness (QED) is 0.501. The Morgan fingerprint density at radius 2 is 0.955 bits per heavy atom. The number of carbonyl (C=O) groups excluding carboxylic acids is 2. The second kappa shape index (κ2) is 11.2. The molecule has 0 fully saturated rings. The van der Waals surface area contributed by atoms with Crippen molar-refractivity contribution < 1.29 is 48.0 Å². The first-order valence-electron chi connectivity index (χ1n) is 6.37. The molecule has 0 saturated carbocycles. The van der Waals surface area contributed by atoms with Crippen molar-refractivity contribution >= 4 is 20.7 Å². The van der Waals surface area contributed by atoms with Crippen molar-refractivity contribution in [3.63, 3.8) is 0 Å². The van der Waals surface area contributed by atoms with E-state index in [1.54, 1.807) is 12.2 Å². The summed E-state index contributed by atoms with van der Waals surface area (Å²) in [5.41, 5.74) is 2.07. The van der Waals surface area contributed by atoms with Gasteiger partial charge < -0.3 is 0 Å². The van der Waals surface area contributed by atoms with Crippen molar-refractivity contribution in [3.05, 3.63) is 83.9 Å². The molecule has 4 heteroatoms. The molecule has 0 radical (unpaired) electrons. The molecule has 0 unspecified atom stereocenters. The average Bonchev–Trinajstić information content (AvgIpc) is 2.53. The molecule has 0 amide bonds. The van der Waals surface area contributed by atoms with E-state index in [1.807, 2.05) is 60.7 Å². The van der Waals surface area contributed by atoms with E-state index in [4.69, 9.17) is 0 Å². The van der Waals surface area contributed by atoms with Crippen LogP contribution in [-0.2, 0) is 48.0 Å². The second-order valence-electron chi connectivity index (χ2n) is 4.04. The van der Waals surface area contributed by atoms with Crippen LogP contribution in [0.3, 0.4) is 0 Å². The molecule has 22 heavy (non-hydrogen) atoms. The molecule has 0 heterocycles. The molecule has 0 saturated heterocycles. The Hall–Kier alpha value is -1.42. The third-order valence-electron chi connectivity index (χ3n) is 2.39. The first-order chi connectivity index (χ1) is 10.6. The zero-order valence-corrected chi connectivity index (χ0v) is 14.6. The van der Waals surface area contributed by atoms with Crippen molar-refractivity contribution in [2.24, 2.45) is 0 Å². The monoisotopic (exact) mass is 474 g/mol. The summed E-state index contributed by atoms with van der Waals surface area (Å²) in [6.07, 6.45) is 6.54. The molecule has 0 aliphatic rings. The molecule has 0 bridgehead atoms. The van der Waals surface area contributed by atoms with Crippen LogP contribution in [0.15, 0.2) is 72.8 Å². The van der Waals surface area contributed by atoms with E-state index < -0.39 is 0 Å². The van der Waals surface area contributed by atoms with Gasteiger partial charge in [-0.05, 0) is 0 Å². The number of carbonyl (C=O) groups is 2. The number of allylic oxidation sites excluding steroid dienone is 2. The van der Waals surface area contributed by atoms with Gasteiger partial charge in [-0.25, -0.2) is 0 Å². The fourth-order valence-electron chi connectivity index (χ4n) is 1.44. The third kappa shape index (κ3) is 9.51. The standard InChI is InChI=1S/2C9H7O.2Pd/c2*10-8-4-7-9-5-2-1-3-6-9;;/h2*1-7H;;/b2*7-4+;;. The van der Waals surface area contributed by atoms with Gasteiger partial charge in [0, 0.05) is 0 Å². The van der Waals surface area contributed by atoms with E-state index >= 15 is 0 Å². The molecule has 0 aromatic heterocycles. The van der Waals surface area contributed by atoms with Crippen LogP contribution in [0, 0.1) is 0 Å². The van der Waals surface area contributed by atoms with Crippen molar-refractivity contribution in [2.75, 3.05) is 0 Å². The Morgan fingerprint density at radius 1 is 0.636 bits per heavy atom. The van der Waals surface area contributed by atoms with E-state index in [9.17, 15) is 9.59 Å². The van der Waals surface area contributed by atoms with Crippen LogP contribution in [0.2, 0.25) is 0 Å². The summed E-state index contributed by atoms with van der Waals surface area (Å²) >= 11 is 5.11. The molecule has 0 spiro atoms. The van der Waals surface area contributed by atoms with E-state index in [0.717, 1.165) is 11.1 Å². The van der Waals surface area contributed by atoms with Crippen LogP contribution in [0.25, 0.3) is 12.2 Å². The van der Waals surface area contributed by atoms with Crippen LogP contribution in [0.5, 0.6) is 0 Å². The van der Waals surface area contributed by atoms with Gasteiger partial charge in [0.05, 0.1) is 0 Å². The zero-order chi connectivity index (χ0) is 16.2.